The van der Waals surface area contributed by atoms with Crippen LogP contribution < -0.4 is 10.6 Å². The lowest BCUT2D eigenvalue weighted by atomic mass is 9.98. The van der Waals surface area contributed by atoms with Crippen molar-refractivity contribution in [1.29, 1.82) is 5.26 Å². The minimum Gasteiger partial charge on any atom is -0.383 e. The van der Waals surface area contributed by atoms with E-state index in [1.807, 2.05) is 24.3 Å². The molecule has 3 rings (SSSR count). The Morgan fingerprint density at radius 2 is 2.10 bits per heavy atom. The topological polar surface area (TPSA) is 60.7 Å². The zero-order valence-corrected chi connectivity index (χ0v) is 11.4. The number of hydrogen-bond donors (Lipinski definition) is 2. The molecule has 1 aliphatic rings. The fraction of sp³-hybridized carbons (Fsp3) is 0.375. The number of anilines is 1. The molecule has 1 aromatic carbocycles. The van der Waals surface area contributed by atoms with Gasteiger partial charge in [0.1, 0.15) is 6.07 Å². The van der Waals surface area contributed by atoms with Gasteiger partial charge in [0.05, 0.1) is 16.8 Å². The Hall–Kier alpha value is -2.12. The second-order valence-electron chi connectivity index (χ2n) is 5.25. The van der Waals surface area contributed by atoms with E-state index in [-0.39, 0.29) is 0 Å². The maximum atomic E-state index is 9.27. The molecule has 1 aromatic heterocycles. The molecule has 0 radical (unpaired) electrons. The molecule has 0 aliphatic carbocycles. The van der Waals surface area contributed by atoms with Crippen LogP contribution in [0.1, 0.15) is 18.4 Å². The van der Waals surface area contributed by atoms with Crippen LogP contribution in [0.5, 0.6) is 0 Å². The molecule has 4 nitrogen and oxygen atoms in total. The van der Waals surface area contributed by atoms with E-state index in [0.29, 0.717) is 11.5 Å². The van der Waals surface area contributed by atoms with Gasteiger partial charge >= 0.3 is 0 Å². The molecule has 102 valence electrons. The third kappa shape index (κ3) is 2.59. The van der Waals surface area contributed by atoms with E-state index in [9.17, 15) is 5.26 Å². The van der Waals surface area contributed by atoms with Crippen molar-refractivity contribution < 1.29 is 0 Å². The molecule has 0 unspecified atom stereocenters. The highest BCUT2D eigenvalue weighted by Crippen LogP contribution is 2.26. The van der Waals surface area contributed by atoms with Gasteiger partial charge in [0.15, 0.2) is 0 Å². The number of nitrogens with one attached hydrogen (secondary N) is 2. The van der Waals surface area contributed by atoms with Crippen molar-refractivity contribution in [3.63, 3.8) is 0 Å². The maximum absolute atomic E-state index is 9.27. The minimum atomic E-state index is 0.623. The van der Waals surface area contributed by atoms with E-state index in [1.54, 1.807) is 6.20 Å². The highest BCUT2D eigenvalue weighted by molar-refractivity contribution is 5.93. The van der Waals surface area contributed by atoms with Crippen LogP contribution in [-0.2, 0) is 0 Å². The number of fused-ring (bicyclic) bond motifs is 1. The SMILES string of the molecule is N#Cc1cnc2ccccc2c1NCC1CCNCC1. The van der Waals surface area contributed by atoms with Crippen molar-refractivity contribution in [2.24, 2.45) is 5.92 Å². The van der Waals surface area contributed by atoms with Gasteiger partial charge in [-0.05, 0) is 37.9 Å². The molecular formula is C16H18N4. The number of benzene rings is 1. The van der Waals surface area contributed by atoms with Crippen LogP contribution in [0.15, 0.2) is 30.5 Å². The standard InChI is InChI=1S/C16H18N4/c17-9-13-11-19-15-4-2-1-3-14(15)16(13)20-10-12-5-7-18-8-6-12/h1-4,11-12,18H,5-8,10H2,(H,19,20). The van der Waals surface area contributed by atoms with E-state index in [2.05, 4.69) is 21.7 Å². The number of piperidine rings is 1. The van der Waals surface area contributed by atoms with Crippen LogP contribution in [0.4, 0.5) is 5.69 Å². The lowest BCUT2D eigenvalue weighted by Gasteiger charge is -2.23. The average molecular weight is 266 g/mol. The van der Waals surface area contributed by atoms with Crippen LogP contribution in [0, 0.1) is 17.2 Å². The Morgan fingerprint density at radius 1 is 1.30 bits per heavy atom. The fourth-order valence-corrected chi connectivity index (χ4v) is 2.75. The van der Waals surface area contributed by atoms with Crippen molar-refractivity contribution in [3.8, 4) is 6.07 Å². The first-order chi connectivity index (χ1) is 9.88. The van der Waals surface area contributed by atoms with Gasteiger partial charge in [0, 0.05) is 18.1 Å². The number of nitrogens with zero attached hydrogens (tertiary/aromatic N) is 2. The average Bonchev–Trinajstić information content (AvgIpc) is 2.53. The van der Waals surface area contributed by atoms with Gasteiger partial charge in [0.2, 0.25) is 0 Å². The Morgan fingerprint density at radius 3 is 2.90 bits per heavy atom. The lowest BCUT2D eigenvalue weighted by Crippen LogP contribution is -2.31. The molecule has 4 heteroatoms. The molecule has 0 amide bonds. The Balaban J connectivity index is 1.87. The zero-order valence-electron chi connectivity index (χ0n) is 11.4. The monoisotopic (exact) mass is 266 g/mol. The normalized spacial score (nSPS) is 15.9. The third-order valence-electron chi connectivity index (χ3n) is 3.92. The summed E-state index contributed by atoms with van der Waals surface area (Å²) in [7, 11) is 0. The van der Waals surface area contributed by atoms with Gasteiger partial charge in [-0.15, -0.1) is 0 Å². The highest BCUT2D eigenvalue weighted by Gasteiger charge is 2.14. The molecule has 1 fully saturated rings. The summed E-state index contributed by atoms with van der Waals surface area (Å²) in [5, 5.41) is 17.2. The summed E-state index contributed by atoms with van der Waals surface area (Å²) in [5.41, 5.74) is 2.48. The lowest BCUT2D eigenvalue weighted by molar-refractivity contribution is 0.390. The maximum Gasteiger partial charge on any atom is 0.103 e. The molecule has 0 bridgehead atoms. The summed E-state index contributed by atoms with van der Waals surface area (Å²) in [5.74, 6) is 0.676. The number of rotatable bonds is 3. The summed E-state index contributed by atoms with van der Waals surface area (Å²) in [6.45, 7) is 3.10. The number of aromatic nitrogens is 1. The van der Waals surface area contributed by atoms with Gasteiger partial charge in [-0.3, -0.25) is 4.98 Å². The van der Waals surface area contributed by atoms with Crippen molar-refractivity contribution >= 4 is 16.6 Å². The van der Waals surface area contributed by atoms with Gasteiger partial charge in [0.25, 0.3) is 0 Å². The van der Waals surface area contributed by atoms with Crippen LogP contribution >= 0.6 is 0 Å². The smallest absolute Gasteiger partial charge is 0.103 e. The quantitative estimate of drug-likeness (QED) is 0.896. The van der Waals surface area contributed by atoms with Crippen molar-refractivity contribution in [3.05, 3.63) is 36.0 Å². The minimum absolute atomic E-state index is 0.623. The second kappa shape index (κ2) is 5.89. The fourth-order valence-electron chi connectivity index (χ4n) is 2.75. The van der Waals surface area contributed by atoms with Crippen LogP contribution in [0.3, 0.4) is 0 Å². The zero-order chi connectivity index (χ0) is 13.8. The number of hydrogen-bond acceptors (Lipinski definition) is 4. The number of nitriles is 1. The van der Waals surface area contributed by atoms with E-state index in [4.69, 9.17) is 0 Å². The molecule has 2 N–H and O–H groups in total. The first kappa shape index (κ1) is 12.9. The molecule has 1 aliphatic heterocycles. The predicted octanol–water partition coefficient (Wildman–Crippen LogP) is 2.52. The molecule has 1 saturated heterocycles. The second-order valence-corrected chi connectivity index (χ2v) is 5.25. The largest absolute Gasteiger partial charge is 0.383 e. The molecule has 0 atom stereocenters. The number of para-hydroxylation sites is 1. The predicted molar refractivity (Wildman–Crippen MR) is 80.5 cm³/mol. The Bertz CT molecular complexity index is 638. The first-order valence-corrected chi connectivity index (χ1v) is 7.11. The summed E-state index contributed by atoms with van der Waals surface area (Å²) < 4.78 is 0. The molecule has 2 aromatic rings. The van der Waals surface area contributed by atoms with Crippen LogP contribution in [-0.4, -0.2) is 24.6 Å². The van der Waals surface area contributed by atoms with Crippen molar-refractivity contribution in [2.75, 3.05) is 25.0 Å². The van der Waals surface area contributed by atoms with Gasteiger partial charge in [-0.2, -0.15) is 5.26 Å². The molecule has 0 saturated carbocycles. The molecule has 20 heavy (non-hydrogen) atoms. The van der Waals surface area contributed by atoms with Crippen molar-refractivity contribution in [1.82, 2.24) is 10.3 Å². The summed E-state index contributed by atoms with van der Waals surface area (Å²) in [4.78, 5) is 4.33. The van der Waals surface area contributed by atoms with Crippen LogP contribution in [0.25, 0.3) is 10.9 Å². The highest BCUT2D eigenvalue weighted by atomic mass is 14.9. The Labute approximate surface area is 118 Å². The van der Waals surface area contributed by atoms with Crippen molar-refractivity contribution in [2.45, 2.75) is 12.8 Å². The van der Waals surface area contributed by atoms with E-state index in [0.717, 1.165) is 36.2 Å². The number of pyridine rings is 1. The van der Waals surface area contributed by atoms with E-state index < -0.39 is 0 Å². The van der Waals surface area contributed by atoms with E-state index in [1.165, 1.54) is 12.8 Å². The molecule has 2 heterocycles. The third-order valence-corrected chi connectivity index (χ3v) is 3.92. The first-order valence-electron chi connectivity index (χ1n) is 7.11. The Kier molecular flexibility index (Phi) is 3.80. The molecular weight excluding hydrogens is 248 g/mol. The van der Waals surface area contributed by atoms with E-state index >= 15 is 0 Å². The summed E-state index contributed by atoms with van der Waals surface area (Å²) >= 11 is 0. The molecule has 0 spiro atoms. The summed E-state index contributed by atoms with van der Waals surface area (Å²) in [6, 6.07) is 10.2. The van der Waals surface area contributed by atoms with Gasteiger partial charge in [-0.1, -0.05) is 18.2 Å². The summed E-state index contributed by atoms with van der Waals surface area (Å²) in [6.07, 6.45) is 4.04. The van der Waals surface area contributed by atoms with Gasteiger partial charge < -0.3 is 10.6 Å². The van der Waals surface area contributed by atoms with Crippen LogP contribution in [0.2, 0.25) is 0 Å². The van der Waals surface area contributed by atoms with Gasteiger partial charge in [-0.25, -0.2) is 0 Å².